The quantitative estimate of drug-likeness (QED) is 0.627. The van der Waals surface area contributed by atoms with Crippen molar-refractivity contribution in [3.05, 3.63) is 0 Å². The summed E-state index contributed by atoms with van der Waals surface area (Å²) in [6.45, 7) is 6.50. The largest absolute Gasteiger partial charge is 0.453 e. The van der Waals surface area contributed by atoms with Crippen LogP contribution in [0.5, 0.6) is 0 Å². The minimum Gasteiger partial charge on any atom is -0.453 e. The number of ether oxygens (including phenoxy) is 1. The highest BCUT2D eigenvalue weighted by atomic mass is 16.5. The van der Waals surface area contributed by atoms with Crippen LogP contribution >= 0.6 is 0 Å². The first-order valence-corrected chi connectivity index (χ1v) is 4.67. The van der Waals surface area contributed by atoms with Crippen molar-refractivity contribution < 1.29 is 9.53 Å². The molecule has 0 unspecified atom stereocenters. The fourth-order valence-corrected chi connectivity index (χ4v) is 2.02. The Bertz CT molecular complexity index is 213. The summed E-state index contributed by atoms with van der Waals surface area (Å²) < 4.78 is 4.72. The van der Waals surface area contributed by atoms with Crippen LogP contribution in [-0.4, -0.2) is 30.7 Å². The van der Waals surface area contributed by atoms with Crippen LogP contribution in [0.3, 0.4) is 0 Å². The van der Waals surface area contributed by atoms with E-state index in [1.165, 1.54) is 7.11 Å². The van der Waals surface area contributed by atoms with Crippen LogP contribution in [-0.2, 0) is 4.74 Å². The molecule has 0 aromatic carbocycles. The molecule has 1 fully saturated rings. The molecule has 1 rings (SSSR count). The maximum Gasteiger partial charge on any atom is 0.409 e. The van der Waals surface area contributed by atoms with E-state index in [-0.39, 0.29) is 17.0 Å². The second-order valence-corrected chi connectivity index (χ2v) is 4.81. The van der Waals surface area contributed by atoms with Gasteiger partial charge in [-0.05, 0) is 18.3 Å². The molecule has 0 atom stereocenters. The second-order valence-electron chi connectivity index (χ2n) is 4.81. The number of amides is 1. The Morgan fingerprint density at radius 1 is 1.38 bits per heavy atom. The number of hydrogen-bond donors (Lipinski definition) is 0. The Morgan fingerprint density at radius 2 is 1.85 bits per heavy atom. The van der Waals surface area contributed by atoms with E-state index >= 15 is 0 Å². The van der Waals surface area contributed by atoms with E-state index in [1.54, 1.807) is 4.90 Å². The molecule has 3 nitrogen and oxygen atoms in total. The Kier molecular flexibility index (Phi) is 2.30. The Labute approximate surface area is 80.1 Å². The summed E-state index contributed by atoms with van der Waals surface area (Å²) in [4.78, 5) is 13.1. The van der Waals surface area contributed by atoms with E-state index in [4.69, 9.17) is 4.74 Å². The molecule has 0 aliphatic heterocycles. The van der Waals surface area contributed by atoms with E-state index in [2.05, 4.69) is 20.8 Å². The highest BCUT2D eigenvalue weighted by Crippen LogP contribution is 2.53. The lowest BCUT2D eigenvalue weighted by Crippen LogP contribution is -2.47. The molecule has 0 aromatic rings. The minimum atomic E-state index is -0.229. The standard InChI is InChI=1S/C10H19NO2/c1-9(2,3)10(6-7-10)11(4)8(12)13-5/h6-7H2,1-5H3. The monoisotopic (exact) mass is 185 g/mol. The summed E-state index contributed by atoms with van der Waals surface area (Å²) in [6.07, 6.45) is 1.94. The Hall–Kier alpha value is -0.730. The number of carbonyl (C=O) groups excluding carboxylic acids is 1. The van der Waals surface area contributed by atoms with Crippen LogP contribution in [0.15, 0.2) is 0 Å². The maximum atomic E-state index is 11.3. The van der Waals surface area contributed by atoms with Crippen molar-refractivity contribution in [2.75, 3.05) is 14.2 Å². The number of rotatable bonds is 1. The van der Waals surface area contributed by atoms with Crippen LogP contribution in [0.4, 0.5) is 4.79 Å². The predicted molar refractivity (Wildman–Crippen MR) is 51.6 cm³/mol. The van der Waals surface area contributed by atoms with Crippen LogP contribution in [0.1, 0.15) is 33.6 Å². The zero-order chi connectivity index (χ0) is 10.3. The van der Waals surface area contributed by atoms with Gasteiger partial charge in [-0.15, -0.1) is 0 Å². The minimum absolute atomic E-state index is 0.0279. The van der Waals surface area contributed by atoms with Gasteiger partial charge in [0.15, 0.2) is 0 Å². The third-order valence-corrected chi connectivity index (χ3v) is 3.21. The molecule has 0 heterocycles. The molecule has 0 spiro atoms. The average molecular weight is 185 g/mol. The molecule has 0 saturated heterocycles. The van der Waals surface area contributed by atoms with Crippen molar-refractivity contribution in [1.29, 1.82) is 0 Å². The summed E-state index contributed by atoms with van der Waals surface area (Å²) in [7, 11) is 3.25. The summed E-state index contributed by atoms with van der Waals surface area (Å²) in [5, 5.41) is 0. The van der Waals surface area contributed by atoms with Crippen LogP contribution in [0.2, 0.25) is 0 Å². The van der Waals surface area contributed by atoms with Gasteiger partial charge in [0.25, 0.3) is 0 Å². The molecule has 1 amide bonds. The van der Waals surface area contributed by atoms with Gasteiger partial charge >= 0.3 is 6.09 Å². The molecule has 0 aromatic heterocycles. The summed E-state index contributed by atoms with van der Waals surface area (Å²) >= 11 is 0. The smallest absolute Gasteiger partial charge is 0.409 e. The third-order valence-electron chi connectivity index (χ3n) is 3.21. The zero-order valence-corrected chi connectivity index (χ0v) is 9.18. The molecule has 1 saturated carbocycles. The van der Waals surface area contributed by atoms with Crippen LogP contribution in [0.25, 0.3) is 0 Å². The maximum absolute atomic E-state index is 11.3. The highest BCUT2D eigenvalue weighted by Gasteiger charge is 2.56. The van der Waals surface area contributed by atoms with Gasteiger partial charge in [-0.2, -0.15) is 0 Å². The summed E-state index contributed by atoms with van der Waals surface area (Å²) in [5.74, 6) is 0. The second kappa shape index (κ2) is 2.89. The van der Waals surface area contributed by atoms with Crippen molar-refractivity contribution in [3.8, 4) is 0 Å². The first-order chi connectivity index (χ1) is 5.85. The van der Waals surface area contributed by atoms with E-state index in [0.717, 1.165) is 12.8 Å². The van der Waals surface area contributed by atoms with Crippen LogP contribution < -0.4 is 0 Å². The Balaban J connectivity index is 2.77. The molecule has 1 aliphatic rings. The molecular formula is C10H19NO2. The van der Waals surface area contributed by atoms with Gasteiger partial charge in [0.1, 0.15) is 0 Å². The number of carbonyl (C=O) groups is 1. The third kappa shape index (κ3) is 1.52. The van der Waals surface area contributed by atoms with Gasteiger partial charge in [-0.25, -0.2) is 4.79 Å². The number of nitrogens with zero attached hydrogens (tertiary/aromatic N) is 1. The zero-order valence-electron chi connectivity index (χ0n) is 9.18. The molecule has 13 heavy (non-hydrogen) atoms. The van der Waals surface area contributed by atoms with Gasteiger partial charge in [-0.1, -0.05) is 20.8 Å². The van der Waals surface area contributed by atoms with E-state index in [0.29, 0.717) is 0 Å². The first kappa shape index (κ1) is 10.4. The van der Waals surface area contributed by atoms with Crippen molar-refractivity contribution >= 4 is 6.09 Å². The molecule has 1 aliphatic carbocycles. The lowest BCUT2D eigenvalue weighted by atomic mass is 9.83. The Morgan fingerprint density at radius 3 is 2.08 bits per heavy atom. The van der Waals surface area contributed by atoms with Crippen molar-refractivity contribution in [1.82, 2.24) is 4.90 Å². The lowest BCUT2D eigenvalue weighted by molar-refractivity contribution is 0.0723. The predicted octanol–water partition coefficient (Wildman–Crippen LogP) is 2.26. The molecule has 3 heteroatoms. The van der Waals surface area contributed by atoms with Gasteiger partial charge in [0.2, 0.25) is 0 Å². The number of methoxy groups -OCH3 is 1. The topological polar surface area (TPSA) is 29.5 Å². The normalized spacial score (nSPS) is 19.5. The van der Waals surface area contributed by atoms with Gasteiger partial charge < -0.3 is 9.64 Å². The fourth-order valence-electron chi connectivity index (χ4n) is 2.02. The van der Waals surface area contributed by atoms with Gasteiger partial charge in [0.05, 0.1) is 12.6 Å². The van der Waals surface area contributed by atoms with Crippen LogP contribution in [0, 0.1) is 5.41 Å². The SMILES string of the molecule is COC(=O)N(C)C1(C(C)(C)C)CC1. The summed E-state index contributed by atoms with van der Waals surface area (Å²) in [5.41, 5.74) is 0.163. The average Bonchev–Trinajstić information content (AvgIpc) is 2.80. The molecule has 0 radical (unpaired) electrons. The lowest BCUT2D eigenvalue weighted by Gasteiger charge is -2.37. The van der Waals surface area contributed by atoms with E-state index in [9.17, 15) is 4.79 Å². The molecular weight excluding hydrogens is 166 g/mol. The molecule has 0 N–H and O–H groups in total. The van der Waals surface area contributed by atoms with Gasteiger partial charge in [0, 0.05) is 7.05 Å². The first-order valence-electron chi connectivity index (χ1n) is 4.67. The van der Waals surface area contributed by atoms with Crippen molar-refractivity contribution in [3.63, 3.8) is 0 Å². The number of hydrogen-bond acceptors (Lipinski definition) is 2. The van der Waals surface area contributed by atoms with Crippen molar-refractivity contribution in [2.45, 2.75) is 39.2 Å². The van der Waals surface area contributed by atoms with Gasteiger partial charge in [-0.3, -0.25) is 0 Å². The van der Waals surface area contributed by atoms with E-state index < -0.39 is 0 Å². The molecule has 76 valence electrons. The fraction of sp³-hybridized carbons (Fsp3) is 0.900. The van der Waals surface area contributed by atoms with E-state index in [1.807, 2.05) is 7.05 Å². The highest BCUT2D eigenvalue weighted by molar-refractivity contribution is 5.69. The van der Waals surface area contributed by atoms with Crippen molar-refractivity contribution in [2.24, 2.45) is 5.41 Å². The molecule has 0 bridgehead atoms. The summed E-state index contributed by atoms with van der Waals surface area (Å²) in [6, 6.07) is 0.